The molecule has 0 aliphatic heterocycles. The van der Waals surface area contributed by atoms with Crippen LogP contribution >= 0.6 is 11.3 Å². The molecule has 2 heterocycles. The molecular weight excluding hydrogens is 342 g/mol. The highest BCUT2D eigenvalue weighted by molar-refractivity contribution is 7.22. The second-order valence-electron chi connectivity index (χ2n) is 6.12. The lowest BCUT2D eigenvalue weighted by molar-refractivity contribution is -0.660. The van der Waals surface area contributed by atoms with Crippen molar-refractivity contribution < 1.29 is 14.1 Å². The standard InChI is InChI=1S/C22H22NO2S/c1-16(24)15-17(2)25-14-8-10-19-18-9-4-5-12-21(18)26-22(19)20-11-6-7-13-23(20)3/h4-13,15H,14H2,1-3H3/q+1/b10-8+,17-15-. The number of carbonyl (C=O) groups excluding carboxylic acids is 1. The van der Waals surface area contributed by atoms with Crippen molar-refractivity contribution in [3.05, 3.63) is 72.1 Å². The van der Waals surface area contributed by atoms with E-state index in [1.165, 1.54) is 39.2 Å². The summed E-state index contributed by atoms with van der Waals surface area (Å²) >= 11 is 1.79. The van der Waals surface area contributed by atoms with Gasteiger partial charge in [-0.1, -0.05) is 24.3 Å². The molecule has 2 aromatic heterocycles. The molecule has 0 unspecified atom stereocenters. The molecule has 3 nitrogen and oxygen atoms in total. The maximum atomic E-state index is 11.1. The lowest BCUT2D eigenvalue weighted by Gasteiger charge is -2.02. The summed E-state index contributed by atoms with van der Waals surface area (Å²) in [6.07, 6.45) is 7.68. The van der Waals surface area contributed by atoms with Crippen LogP contribution in [0.15, 0.2) is 66.6 Å². The Balaban J connectivity index is 1.94. The summed E-state index contributed by atoms with van der Waals surface area (Å²) in [6, 6.07) is 14.7. The van der Waals surface area contributed by atoms with Gasteiger partial charge in [-0.15, -0.1) is 11.3 Å². The van der Waals surface area contributed by atoms with Crippen LogP contribution in [-0.4, -0.2) is 12.4 Å². The molecule has 4 heteroatoms. The summed E-state index contributed by atoms with van der Waals surface area (Å²) in [4.78, 5) is 12.3. The fourth-order valence-corrected chi connectivity index (χ4v) is 4.11. The molecule has 3 aromatic rings. The van der Waals surface area contributed by atoms with Crippen molar-refractivity contribution in [2.24, 2.45) is 7.05 Å². The Kier molecular flexibility index (Phi) is 5.64. The zero-order valence-electron chi connectivity index (χ0n) is 15.2. The second-order valence-corrected chi connectivity index (χ2v) is 7.17. The number of thiophene rings is 1. The summed E-state index contributed by atoms with van der Waals surface area (Å²) in [6.45, 7) is 3.75. The van der Waals surface area contributed by atoms with Crippen LogP contribution < -0.4 is 4.57 Å². The number of fused-ring (bicyclic) bond motifs is 1. The number of nitrogens with zero attached hydrogens (tertiary/aromatic N) is 1. The maximum absolute atomic E-state index is 11.1. The number of carbonyl (C=O) groups is 1. The summed E-state index contributed by atoms with van der Waals surface area (Å²) in [5.41, 5.74) is 2.38. The zero-order valence-corrected chi connectivity index (χ0v) is 16.0. The molecule has 0 atom stereocenters. The molecule has 26 heavy (non-hydrogen) atoms. The van der Waals surface area contributed by atoms with Gasteiger partial charge in [0.1, 0.15) is 18.5 Å². The highest BCUT2D eigenvalue weighted by Gasteiger charge is 2.17. The van der Waals surface area contributed by atoms with Crippen LogP contribution in [0.1, 0.15) is 19.4 Å². The maximum Gasteiger partial charge on any atom is 0.222 e. The van der Waals surface area contributed by atoms with Crippen LogP contribution in [0.4, 0.5) is 0 Å². The summed E-state index contributed by atoms with van der Waals surface area (Å²) in [7, 11) is 2.06. The van der Waals surface area contributed by atoms with Crippen LogP contribution in [-0.2, 0) is 16.6 Å². The number of ether oxygens (including phenoxy) is 1. The number of allylic oxidation sites excluding steroid dienone is 2. The predicted octanol–water partition coefficient (Wildman–Crippen LogP) is 4.92. The highest BCUT2D eigenvalue weighted by Crippen LogP contribution is 2.38. The molecule has 0 amide bonds. The molecule has 0 N–H and O–H groups in total. The highest BCUT2D eigenvalue weighted by atomic mass is 32.1. The SMILES string of the molecule is CC(=O)/C=C(/C)OC/C=C/c1c(-c2cccc[n+]2C)sc2ccccc12. The molecule has 0 saturated heterocycles. The Morgan fingerprint density at radius 3 is 2.69 bits per heavy atom. The van der Waals surface area contributed by atoms with Crippen molar-refractivity contribution in [1.29, 1.82) is 0 Å². The third-order valence-corrected chi connectivity index (χ3v) is 5.23. The van der Waals surface area contributed by atoms with Crippen molar-refractivity contribution in [3.8, 4) is 10.6 Å². The molecule has 0 fully saturated rings. The molecule has 0 spiro atoms. The first-order valence-corrected chi connectivity index (χ1v) is 9.32. The van der Waals surface area contributed by atoms with Crippen LogP contribution in [0.5, 0.6) is 0 Å². The average Bonchev–Trinajstić information content (AvgIpc) is 2.97. The first-order valence-electron chi connectivity index (χ1n) is 8.51. The van der Waals surface area contributed by atoms with Crippen LogP contribution in [0.25, 0.3) is 26.7 Å². The van der Waals surface area contributed by atoms with E-state index >= 15 is 0 Å². The van der Waals surface area contributed by atoms with Gasteiger partial charge in [0, 0.05) is 33.9 Å². The number of hydrogen-bond donors (Lipinski definition) is 0. The quantitative estimate of drug-likeness (QED) is 0.353. The monoisotopic (exact) mass is 364 g/mol. The van der Waals surface area contributed by atoms with Gasteiger partial charge in [0.25, 0.3) is 0 Å². The molecule has 132 valence electrons. The van der Waals surface area contributed by atoms with Crippen molar-refractivity contribution >= 4 is 33.3 Å². The summed E-state index contributed by atoms with van der Waals surface area (Å²) in [5, 5.41) is 1.24. The number of benzene rings is 1. The normalized spacial score (nSPS) is 12.0. The van der Waals surface area contributed by atoms with E-state index in [4.69, 9.17) is 4.74 Å². The Morgan fingerprint density at radius 2 is 1.92 bits per heavy atom. The minimum absolute atomic E-state index is 0.00540. The minimum atomic E-state index is -0.00540. The lowest BCUT2D eigenvalue weighted by atomic mass is 10.1. The molecular formula is C22H22NO2S+. The largest absolute Gasteiger partial charge is 0.494 e. The van der Waals surface area contributed by atoms with Gasteiger partial charge in [-0.05, 0) is 32.1 Å². The van der Waals surface area contributed by atoms with Crippen molar-refractivity contribution in [2.45, 2.75) is 13.8 Å². The molecule has 0 saturated carbocycles. The molecule has 3 rings (SSSR count). The molecule has 1 aromatic carbocycles. The van der Waals surface area contributed by atoms with E-state index in [0.717, 1.165) is 0 Å². The first kappa shape index (κ1) is 18.1. The third kappa shape index (κ3) is 4.09. The Morgan fingerprint density at radius 1 is 1.15 bits per heavy atom. The fourth-order valence-electron chi connectivity index (χ4n) is 2.85. The van der Waals surface area contributed by atoms with Crippen LogP contribution in [0.3, 0.4) is 0 Å². The summed E-state index contributed by atoms with van der Waals surface area (Å²) in [5.74, 6) is 0.626. The molecule has 0 aliphatic rings. The Bertz CT molecular complexity index is 998. The predicted molar refractivity (Wildman–Crippen MR) is 108 cm³/mol. The van der Waals surface area contributed by atoms with Crippen LogP contribution in [0, 0.1) is 0 Å². The van der Waals surface area contributed by atoms with Crippen molar-refractivity contribution in [3.63, 3.8) is 0 Å². The average molecular weight is 364 g/mol. The van der Waals surface area contributed by atoms with E-state index in [1.54, 1.807) is 18.3 Å². The fraction of sp³-hybridized carbons (Fsp3) is 0.182. The second kappa shape index (κ2) is 8.11. The smallest absolute Gasteiger partial charge is 0.222 e. The molecule has 0 bridgehead atoms. The Labute approximate surface area is 157 Å². The van der Waals surface area contributed by atoms with Crippen LogP contribution in [0.2, 0.25) is 0 Å². The summed E-state index contributed by atoms with van der Waals surface area (Å²) < 4.78 is 8.98. The minimum Gasteiger partial charge on any atom is -0.494 e. The van der Waals surface area contributed by atoms with E-state index in [1.807, 2.05) is 12.1 Å². The topological polar surface area (TPSA) is 30.2 Å². The van der Waals surface area contributed by atoms with Gasteiger partial charge in [0.2, 0.25) is 5.69 Å². The van der Waals surface area contributed by atoms with E-state index in [9.17, 15) is 4.79 Å². The zero-order chi connectivity index (χ0) is 18.5. The van der Waals surface area contributed by atoms with Gasteiger partial charge in [0.05, 0.1) is 5.76 Å². The van der Waals surface area contributed by atoms with Gasteiger partial charge in [-0.2, -0.15) is 0 Å². The van der Waals surface area contributed by atoms with Gasteiger partial charge in [0.15, 0.2) is 12.0 Å². The van der Waals surface area contributed by atoms with E-state index in [-0.39, 0.29) is 5.78 Å². The number of aromatic nitrogens is 1. The number of pyridine rings is 1. The van der Waals surface area contributed by atoms with Gasteiger partial charge in [-0.25, -0.2) is 4.57 Å². The third-order valence-electron chi connectivity index (χ3n) is 4.02. The lowest BCUT2D eigenvalue weighted by Crippen LogP contribution is -2.29. The van der Waals surface area contributed by atoms with E-state index < -0.39 is 0 Å². The number of ketones is 1. The van der Waals surface area contributed by atoms with Crippen molar-refractivity contribution in [2.75, 3.05) is 6.61 Å². The van der Waals surface area contributed by atoms with E-state index in [0.29, 0.717) is 12.4 Å². The number of rotatable bonds is 6. The van der Waals surface area contributed by atoms with Gasteiger partial charge >= 0.3 is 0 Å². The van der Waals surface area contributed by atoms with Gasteiger partial charge < -0.3 is 4.74 Å². The first-order chi connectivity index (χ1) is 12.6. The number of hydrogen-bond acceptors (Lipinski definition) is 3. The Hall–Kier alpha value is -2.72. The number of aryl methyl sites for hydroxylation is 1. The molecule has 0 aliphatic carbocycles. The van der Waals surface area contributed by atoms with E-state index in [2.05, 4.69) is 60.3 Å². The molecule has 0 radical (unpaired) electrons. The van der Waals surface area contributed by atoms with Crippen molar-refractivity contribution in [1.82, 2.24) is 0 Å². The van der Waals surface area contributed by atoms with Gasteiger partial charge in [-0.3, -0.25) is 4.79 Å².